The zero-order chi connectivity index (χ0) is 9.00. The van der Waals surface area contributed by atoms with E-state index < -0.39 is 0 Å². The van der Waals surface area contributed by atoms with Crippen LogP contribution < -0.4 is 5.32 Å². The molecule has 3 heterocycles. The van der Waals surface area contributed by atoms with Crippen LogP contribution in [0, 0.1) is 0 Å². The SMILES string of the molecule is CC(=O)N[C@@H]1[C@@H]2[C@H]3CCN2C[C@H]1O3. The monoisotopic (exact) mass is 182 g/mol. The smallest absolute Gasteiger partial charge is 0.217 e. The van der Waals surface area contributed by atoms with Crippen LogP contribution in [0.4, 0.5) is 0 Å². The molecule has 4 atom stereocenters. The van der Waals surface area contributed by atoms with Crippen molar-refractivity contribution in [2.45, 2.75) is 37.6 Å². The largest absolute Gasteiger partial charge is 0.370 e. The number of amides is 1. The maximum Gasteiger partial charge on any atom is 0.217 e. The molecule has 3 rings (SSSR count). The van der Waals surface area contributed by atoms with Crippen LogP contribution in [-0.2, 0) is 9.53 Å². The van der Waals surface area contributed by atoms with Crippen LogP contribution in [0.15, 0.2) is 0 Å². The quantitative estimate of drug-likeness (QED) is 0.585. The molecule has 0 aromatic carbocycles. The normalized spacial score (nSPS) is 47.2. The number of hydrogen-bond acceptors (Lipinski definition) is 3. The molecule has 0 aromatic heterocycles. The Kier molecular flexibility index (Phi) is 1.46. The van der Waals surface area contributed by atoms with Gasteiger partial charge in [0.2, 0.25) is 5.91 Å². The van der Waals surface area contributed by atoms with Crippen molar-refractivity contribution in [3.05, 3.63) is 0 Å². The Hall–Kier alpha value is -0.610. The lowest BCUT2D eigenvalue weighted by Crippen LogP contribution is -2.44. The fourth-order valence-electron chi connectivity index (χ4n) is 3.00. The van der Waals surface area contributed by atoms with E-state index in [1.54, 1.807) is 6.92 Å². The van der Waals surface area contributed by atoms with Crippen molar-refractivity contribution in [1.82, 2.24) is 10.2 Å². The molecule has 3 saturated heterocycles. The highest BCUT2D eigenvalue weighted by Crippen LogP contribution is 2.39. The summed E-state index contributed by atoms with van der Waals surface area (Å²) < 4.78 is 5.81. The molecule has 13 heavy (non-hydrogen) atoms. The number of fused-ring (bicyclic) bond motifs is 1. The van der Waals surface area contributed by atoms with Crippen LogP contribution in [0.25, 0.3) is 0 Å². The van der Waals surface area contributed by atoms with Gasteiger partial charge >= 0.3 is 0 Å². The van der Waals surface area contributed by atoms with E-state index >= 15 is 0 Å². The third-order valence-electron chi connectivity index (χ3n) is 3.41. The number of hydrogen-bond donors (Lipinski definition) is 1. The summed E-state index contributed by atoms with van der Waals surface area (Å²) in [6, 6.07) is 0.721. The Morgan fingerprint density at radius 1 is 1.54 bits per heavy atom. The maximum absolute atomic E-state index is 11.0. The van der Waals surface area contributed by atoms with E-state index in [0.717, 1.165) is 19.5 Å². The summed E-state index contributed by atoms with van der Waals surface area (Å²) in [5.74, 6) is 0.0630. The average Bonchev–Trinajstić information content (AvgIpc) is 2.60. The summed E-state index contributed by atoms with van der Waals surface area (Å²) in [7, 11) is 0. The molecule has 0 aliphatic carbocycles. The first kappa shape index (κ1) is 7.76. The predicted octanol–water partition coefficient (Wildman–Crippen LogP) is -0.654. The van der Waals surface area contributed by atoms with Gasteiger partial charge in [0.1, 0.15) is 0 Å². The van der Waals surface area contributed by atoms with Gasteiger partial charge in [-0.3, -0.25) is 9.69 Å². The number of carbonyl (C=O) groups excluding carboxylic acids is 1. The second-order valence-electron chi connectivity index (χ2n) is 4.21. The van der Waals surface area contributed by atoms with Crippen LogP contribution in [-0.4, -0.2) is 48.2 Å². The lowest BCUT2D eigenvalue weighted by molar-refractivity contribution is -0.119. The van der Waals surface area contributed by atoms with Gasteiger partial charge in [0.25, 0.3) is 0 Å². The van der Waals surface area contributed by atoms with Gasteiger partial charge in [-0.15, -0.1) is 0 Å². The molecule has 1 amide bonds. The number of nitrogens with one attached hydrogen (secondary N) is 1. The molecule has 3 aliphatic rings. The topological polar surface area (TPSA) is 41.6 Å². The highest BCUT2D eigenvalue weighted by atomic mass is 16.5. The molecule has 0 unspecified atom stereocenters. The molecule has 0 radical (unpaired) electrons. The first-order chi connectivity index (χ1) is 6.25. The number of ether oxygens (including phenoxy) is 1. The van der Waals surface area contributed by atoms with Crippen LogP contribution in [0.2, 0.25) is 0 Å². The van der Waals surface area contributed by atoms with Gasteiger partial charge in [0.15, 0.2) is 0 Å². The van der Waals surface area contributed by atoms with E-state index in [4.69, 9.17) is 4.74 Å². The number of nitrogens with zero attached hydrogens (tertiary/aromatic N) is 1. The third kappa shape index (κ3) is 0.957. The van der Waals surface area contributed by atoms with Gasteiger partial charge in [-0.1, -0.05) is 0 Å². The van der Waals surface area contributed by atoms with Crippen LogP contribution in [0.1, 0.15) is 13.3 Å². The lowest BCUT2D eigenvalue weighted by Gasteiger charge is -2.21. The Morgan fingerprint density at radius 3 is 3.08 bits per heavy atom. The predicted molar refractivity (Wildman–Crippen MR) is 46.2 cm³/mol. The zero-order valence-corrected chi connectivity index (χ0v) is 7.69. The molecular formula is C9H14N2O2. The Morgan fingerprint density at radius 2 is 2.38 bits per heavy atom. The van der Waals surface area contributed by atoms with E-state index in [-0.39, 0.29) is 18.1 Å². The minimum atomic E-state index is 0.0630. The summed E-state index contributed by atoms with van der Waals surface area (Å²) in [4.78, 5) is 13.4. The molecule has 4 heteroatoms. The molecule has 72 valence electrons. The molecule has 3 fully saturated rings. The van der Waals surface area contributed by atoms with Crippen molar-refractivity contribution in [2.75, 3.05) is 13.1 Å². The Balaban J connectivity index is 1.81. The molecule has 4 nitrogen and oxygen atoms in total. The van der Waals surface area contributed by atoms with Gasteiger partial charge in [-0.05, 0) is 6.42 Å². The maximum atomic E-state index is 11.0. The van der Waals surface area contributed by atoms with Crippen LogP contribution >= 0.6 is 0 Å². The molecule has 0 spiro atoms. The van der Waals surface area contributed by atoms with E-state index in [1.807, 2.05) is 0 Å². The van der Waals surface area contributed by atoms with E-state index in [0.29, 0.717) is 12.1 Å². The standard InChI is InChI=1S/C9H14N2O2/c1-5(12)10-8-7-4-11-3-2-6(13-7)9(8)11/h6-9H,2-4H2,1H3,(H,10,12)/t6-,7-,8+,9+/m1/s1. The highest BCUT2D eigenvalue weighted by molar-refractivity contribution is 5.73. The van der Waals surface area contributed by atoms with Gasteiger partial charge in [-0.2, -0.15) is 0 Å². The van der Waals surface area contributed by atoms with E-state index in [2.05, 4.69) is 10.2 Å². The molecule has 0 aromatic rings. The van der Waals surface area contributed by atoms with Gasteiger partial charge in [0, 0.05) is 20.0 Å². The van der Waals surface area contributed by atoms with Crippen LogP contribution in [0.5, 0.6) is 0 Å². The Labute approximate surface area is 77.2 Å². The first-order valence-electron chi connectivity index (χ1n) is 4.92. The fourth-order valence-corrected chi connectivity index (χ4v) is 3.00. The van der Waals surface area contributed by atoms with Gasteiger partial charge < -0.3 is 10.1 Å². The minimum Gasteiger partial charge on any atom is -0.370 e. The second kappa shape index (κ2) is 2.45. The summed E-state index contributed by atoms with van der Waals surface area (Å²) in [5, 5.41) is 3.00. The zero-order valence-electron chi connectivity index (χ0n) is 7.69. The van der Waals surface area contributed by atoms with E-state index in [9.17, 15) is 4.79 Å². The summed E-state index contributed by atoms with van der Waals surface area (Å²) in [6.07, 6.45) is 1.77. The van der Waals surface area contributed by atoms with Gasteiger partial charge in [0.05, 0.1) is 24.3 Å². The van der Waals surface area contributed by atoms with Crippen molar-refractivity contribution in [2.24, 2.45) is 0 Å². The van der Waals surface area contributed by atoms with Gasteiger partial charge in [-0.25, -0.2) is 0 Å². The minimum absolute atomic E-state index is 0.0630. The van der Waals surface area contributed by atoms with Crippen molar-refractivity contribution in [3.8, 4) is 0 Å². The average molecular weight is 182 g/mol. The van der Waals surface area contributed by atoms with E-state index in [1.165, 1.54) is 0 Å². The number of carbonyl (C=O) groups is 1. The summed E-state index contributed by atoms with van der Waals surface area (Å²) in [6.45, 7) is 3.73. The lowest BCUT2D eigenvalue weighted by atomic mass is 10.1. The summed E-state index contributed by atoms with van der Waals surface area (Å²) >= 11 is 0. The molecule has 2 bridgehead atoms. The molecule has 1 N–H and O–H groups in total. The number of rotatable bonds is 1. The van der Waals surface area contributed by atoms with Crippen molar-refractivity contribution >= 4 is 5.91 Å². The molecule has 3 aliphatic heterocycles. The van der Waals surface area contributed by atoms with Crippen molar-refractivity contribution < 1.29 is 9.53 Å². The molecule has 0 saturated carbocycles. The highest BCUT2D eigenvalue weighted by Gasteiger charge is 2.57. The third-order valence-corrected chi connectivity index (χ3v) is 3.41. The van der Waals surface area contributed by atoms with Crippen molar-refractivity contribution in [1.29, 1.82) is 0 Å². The number of morpholine rings is 1. The molecular weight excluding hydrogens is 168 g/mol. The first-order valence-corrected chi connectivity index (χ1v) is 4.92. The van der Waals surface area contributed by atoms with Crippen molar-refractivity contribution in [3.63, 3.8) is 0 Å². The second-order valence-corrected chi connectivity index (χ2v) is 4.21. The Bertz CT molecular complexity index is 242. The summed E-state index contributed by atoms with van der Waals surface area (Å²) in [5.41, 5.74) is 0. The fraction of sp³-hybridized carbons (Fsp3) is 0.889. The van der Waals surface area contributed by atoms with Crippen LogP contribution in [0.3, 0.4) is 0 Å².